The average Bonchev–Trinajstić information content (AvgIpc) is 2.94. The fourth-order valence-electron chi connectivity index (χ4n) is 3.28. The van der Waals surface area contributed by atoms with Crippen LogP contribution in [0.1, 0.15) is 37.6 Å². The Morgan fingerprint density at radius 1 is 1.37 bits per heavy atom. The second-order valence-electron chi connectivity index (χ2n) is 5.99. The van der Waals surface area contributed by atoms with Gasteiger partial charge in [0.15, 0.2) is 0 Å². The lowest BCUT2D eigenvalue weighted by molar-refractivity contribution is 0.468. The zero-order valence-electron chi connectivity index (χ0n) is 11.9. The summed E-state index contributed by atoms with van der Waals surface area (Å²) in [5.41, 5.74) is 3.48. The van der Waals surface area contributed by atoms with Crippen LogP contribution in [0.25, 0.3) is 5.65 Å². The van der Waals surface area contributed by atoms with Crippen LogP contribution in [-0.2, 0) is 6.54 Å². The Labute approximate surface area is 115 Å². The van der Waals surface area contributed by atoms with E-state index in [1.165, 1.54) is 25.0 Å². The predicted octanol–water partition coefficient (Wildman–Crippen LogP) is 3.17. The normalized spacial score (nSPS) is 23.3. The van der Waals surface area contributed by atoms with Crippen molar-refractivity contribution in [2.75, 3.05) is 6.54 Å². The minimum Gasteiger partial charge on any atom is -0.311 e. The highest BCUT2D eigenvalue weighted by Crippen LogP contribution is 2.29. The molecular formula is C16H23N3. The molecule has 1 N–H and O–H groups in total. The van der Waals surface area contributed by atoms with Crippen molar-refractivity contribution in [3.8, 4) is 0 Å². The second kappa shape index (κ2) is 5.33. The third-order valence-corrected chi connectivity index (χ3v) is 4.36. The highest BCUT2D eigenvalue weighted by molar-refractivity contribution is 5.42. The van der Waals surface area contributed by atoms with E-state index < -0.39 is 0 Å². The van der Waals surface area contributed by atoms with Crippen molar-refractivity contribution in [2.45, 2.75) is 39.7 Å². The molecule has 0 bridgehead atoms. The van der Waals surface area contributed by atoms with Crippen LogP contribution in [0.3, 0.4) is 0 Å². The van der Waals surface area contributed by atoms with E-state index in [0.717, 1.165) is 36.3 Å². The number of rotatable bonds is 4. The predicted molar refractivity (Wildman–Crippen MR) is 78.1 cm³/mol. The van der Waals surface area contributed by atoms with E-state index in [1.54, 1.807) is 0 Å². The fraction of sp³-hybridized carbons (Fsp3) is 0.562. The Kier molecular flexibility index (Phi) is 3.56. The molecule has 2 aromatic rings. The first-order valence-electron chi connectivity index (χ1n) is 7.37. The van der Waals surface area contributed by atoms with Crippen molar-refractivity contribution < 1.29 is 0 Å². The molecule has 0 aromatic carbocycles. The van der Waals surface area contributed by atoms with Gasteiger partial charge in [-0.2, -0.15) is 0 Å². The summed E-state index contributed by atoms with van der Waals surface area (Å²) < 4.78 is 2.19. The largest absolute Gasteiger partial charge is 0.311 e. The summed E-state index contributed by atoms with van der Waals surface area (Å²) in [4.78, 5) is 4.60. The molecule has 2 aromatic heterocycles. The van der Waals surface area contributed by atoms with E-state index in [0.29, 0.717) is 0 Å². The van der Waals surface area contributed by atoms with Gasteiger partial charge < -0.3 is 9.72 Å². The Balaban J connectivity index is 1.63. The fourth-order valence-corrected chi connectivity index (χ4v) is 3.28. The average molecular weight is 257 g/mol. The molecule has 1 aliphatic rings. The van der Waals surface area contributed by atoms with Gasteiger partial charge in [0.2, 0.25) is 0 Å². The van der Waals surface area contributed by atoms with Crippen LogP contribution in [0.15, 0.2) is 24.4 Å². The zero-order valence-corrected chi connectivity index (χ0v) is 11.9. The third-order valence-electron chi connectivity index (χ3n) is 4.36. The van der Waals surface area contributed by atoms with E-state index in [9.17, 15) is 0 Å². The number of nitrogens with zero attached hydrogens (tertiary/aromatic N) is 2. The van der Waals surface area contributed by atoms with Gasteiger partial charge in [0.05, 0.1) is 11.4 Å². The molecule has 0 saturated heterocycles. The summed E-state index contributed by atoms with van der Waals surface area (Å²) in [6.45, 7) is 6.53. The standard InChI is InChI=1S/C16H23N3/c1-12-6-7-14(9-12)10-17-11-15-13(2)18-16-5-3-4-8-19(15)16/h3-5,8,12,14,17H,6-7,9-11H2,1-2H3. The summed E-state index contributed by atoms with van der Waals surface area (Å²) in [6.07, 6.45) is 6.28. The number of fused-ring (bicyclic) bond motifs is 1. The molecule has 1 fully saturated rings. The summed E-state index contributed by atoms with van der Waals surface area (Å²) in [7, 11) is 0. The van der Waals surface area contributed by atoms with Crippen LogP contribution in [0.2, 0.25) is 0 Å². The van der Waals surface area contributed by atoms with Gasteiger partial charge >= 0.3 is 0 Å². The maximum Gasteiger partial charge on any atom is 0.137 e. The monoisotopic (exact) mass is 257 g/mol. The summed E-state index contributed by atoms with van der Waals surface area (Å²) >= 11 is 0. The van der Waals surface area contributed by atoms with Crippen LogP contribution >= 0.6 is 0 Å². The van der Waals surface area contributed by atoms with Gasteiger partial charge in [0.25, 0.3) is 0 Å². The van der Waals surface area contributed by atoms with Crippen LogP contribution < -0.4 is 5.32 Å². The number of pyridine rings is 1. The molecule has 2 atom stereocenters. The Bertz CT molecular complexity index is 558. The van der Waals surface area contributed by atoms with Gasteiger partial charge in [-0.15, -0.1) is 0 Å². The van der Waals surface area contributed by atoms with Crippen LogP contribution in [0, 0.1) is 18.8 Å². The maximum atomic E-state index is 4.60. The molecule has 102 valence electrons. The molecule has 19 heavy (non-hydrogen) atoms. The molecule has 0 amide bonds. The number of hydrogen-bond donors (Lipinski definition) is 1. The van der Waals surface area contributed by atoms with Crippen molar-refractivity contribution in [3.63, 3.8) is 0 Å². The highest BCUT2D eigenvalue weighted by atomic mass is 15.0. The number of aryl methyl sites for hydroxylation is 1. The number of nitrogens with one attached hydrogen (secondary N) is 1. The first-order chi connectivity index (χ1) is 9.24. The molecule has 2 unspecified atom stereocenters. The van der Waals surface area contributed by atoms with Gasteiger partial charge in [-0.25, -0.2) is 4.98 Å². The second-order valence-corrected chi connectivity index (χ2v) is 5.99. The van der Waals surface area contributed by atoms with Crippen molar-refractivity contribution >= 4 is 5.65 Å². The molecule has 3 nitrogen and oxygen atoms in total. The van der Waals surface area contributed by atoms with E-state index in [-0.39, 0.29) is 0 Å². The van der Waals surface area contributed by atoms with Crippen molar-refractivity contribution in [1.82, 2.24) is 14.7 Å². The summed E-state index contributed by atoms with van der Waals surface area (Å²) in [5.74, 6) is 1.79. The first-order valence-corrected chi connectivity index (χ1v) is 7.37. The van der Waals surface area contributed by atoms with E-state index in [2.05, 4.69) is 46.9 Å². The van der Waals surface area contributed by atoms with Crippen LogP contribution in [0.4, 0.5) is 0 Å². The summed E-state index contributed by atoms with van der Waals surface area (Å²) in [6, 6.07) is 6.17. The molecule has 2 heterocycles. The van der Waals surface area contributed by atoms with Gasteiger partial charge in [0, 0.05) is 12.7 Å². The van der Waals surface area contributed by atoms with Crippen LogP contribution in [0.5, 0.6) is 0 Å². The first kappa shape index (κ1) is 12.7. The molecule has 3 rings (SSSR count). The Morgan fingerprint density at radius 3 is 3.05 bits per heavy atom. The molecule has 1 saturated carbocycles. The molecule has 3 heteroatoms. The van der Waals surface area contributed by atoms with Gasteiger partial charge in [0.1, 0.15) is 5.65 Å². The molecule has 1 aliphatic carbocycles. The molecule has 0 spiro atoms. The van der Waals surface area contributed by atoms with Gasteiger partial charge in [-0.1, -0.05) is 19.4 Å². The SMILES string of the molecule is Cc1nc2ccccn2c1CNCC1CCC(C)C1. The number of imidazole rings is 1. The number of hydrogen-bond acceptors (Lipinski definition) is 2. The van der Waals surface area contributed by atoms with E-state index in [4.69, 9.17) is 0 Å². The van der Waals surface area contributed by atoms with E-state index in [1.807, 2.05) is 6.07 Å². The highest BCUT2D eigenvalue weighted by Gasteiger charge is 2.20. The Morgan fingerprint density at radius 2 is 2.26 bits per heavy atom. The van der Waals surface area contributed by atoms with Gasteiger partial charge in [-0.3, -0.25) is 0 Å². The lowest BCUT2D eigenvalue weighted by Gasteiger charge is -2.11. The smallest absolute Gasteiger partial charge is 0.137 e. The van der Waals surface area contributed by atoms with Gasteiger partial charge in [-0.05, 0) is 50.3 Å². The quantitative estimate of drug-likeness (QED) is 0.911. The van der Waals surface area contributed by atoms with Crippen molar-refractivity contribution in [1.29, 1.82) is 0 Å². The minimum absolute atomic E-state index is 0.870. The molecule has 0 aliphatic heterocycles. The number of aromatic nitrogens is 2. The van der Waals surface area contributed by atoms with Crippen molar-refractivity contribution in [2.24, 2.45) is 11.8 Å². The lowest BCUT2D eigenvalue weighted by Crippen LogP contribution is -2.22. The maximum absolute atomic E-state index is 4.60. The molecule has 0 radical (unpaired) electrons. The summed E-state index contributed by atoms with van der Waals surface area (Å²) in [5, 5.41) is 3.62. The minimum atomic E-state index is 0.870. The molecular weight excluding hydrogens is 234 g/mol. The Hall–Kier alpha value is -1.35. The van der Waals surface area contributed by atoms with Crippen LogP contribution in [-0.4, -0.2) is 15.9 Å². The zero-order chi connectivity index (χ0) is 13.2. The third kappa shape index (κ3) is 2.66. The topological polar surface area (TPSA) is 29.3 Å². The van der Waals surface area contributed by atoms with E-state index >= 15 is 0 Å². The van der Waals surface area contributed by atoms with Crippen molar-refractivity contribution in [3.05, 3.63) is 35.8 Å². The lowest BCUT2D eigenvalue weighted by atomic mass is 10.1.